The first kappa shape index (κ1) is 14.9. The van der Waals surface area contributed by atoms with Crippen molar-refractivity contribution in [1.29, 1.82) is 0 Å². The van der Waals surface area contributed by atoms with Crippen LogP contribution in [0.1, 0.15) is 63.5 Å². The van der Waals surface area contributed by atoms with Gasteiger partial charge < -0.3 is 10.1 Å². The second-order valence-corrected chi connectivity index (χ2v) is 7.45. The average Bonchev–Trinajstić information content (AvgIpc) is 2.78. The van der Waals surface area contributed by atoms with Crippen molar-refractivity contribution in [1.82, 2.24) is 5.32 Å². The third kappa shape index (κ3) is 4.00. The Kier molecular flexibility index (Phi) is 4.54. The van der Waals surface area contributed by atoms with Crippen molar-refractivity contribution >= 4 is 0 Å². The van der Waals surface area contributed by atoms with Gasteiger partial charge in [-0.15, -0.1) is 0 Å². The standard InChI is InChI=1S/C19H29NO/c1-19(2)13-17-12-16(8-9-18(17)21-19)14-20-11-10-15-6-4-3-5-7-15/h8-9,12,15,20H,3-7,10-11,13-14H2,1-2H3. The number of nitrogens with one attached hydrogen (secondary N) is 1. The predicted molar refractivity (Wildman–Crippen MR) is 87.8 cm³/mol. The van der Waals surface area contributed by atoms with Crippen LogP contribution in [-0.2, 0) is 13.0 Å². The fourth-order valence-corrected chi connectivity index (χ4v) is 3.79. The highest BCUT2D eigenvalue weighted by Crippen LogP contribution is 2.35. The molecule has 0 saturated heterocycles. The van der Waals surface area contributed by atoms with E-state index in [-0.39, 0.29) is 5.60 Å². The summed E-state index contributed by atoms with van der Waals surface area (Å²) in [6, 6.07) is 6.66. The molecule has 3 rings (SSSR count). The van der Waals surface area contributed by atoms with Crippen LogP contribution in [0.15, 0.2) is 18.2 Å². The summed E-state index contributed by atoms with van der Waals surface area (Å²) in [6.07, 6.45) is 9.63. The van der Waals surface area contributed by atoms with Crippen molar-refractivity contribution in [3.63, 3.8) is 0 Å². The lowest BCUT2D eigenvalue weighted by atomic mass is 9.87. The second kappa shape index (κ2) is 6.39. The van der Waals surface area contributed by atoms with Gasteiger partial charge in [0.2, 0.25) is 0 Å². The van der Waals surface area contributed by atoms with E-state index in [0.717, 1.165) is 31.2 Å². The Hall–Kier alpha value is -1.02. The van der Waals surface area contributed by atoms with E-state index in [9.17, 15) is 0 Å². The fraction of sp³-hybridized carbons (Fsp3) is 0.684. The molecule has 1 N–H and O–H groups in total. The SMILES string of the molecule is CC1(C)Cc2cc(CNCCC3CCCCC3)ccc2O1. The van der Waals surface area contributed by atoms with Crippen LogP contribution >= 0.6 is 0 Å². The minimum absolute atomic E-state index is 0.0324. The maximum absolute atomic E-state index is 5.93. The van der Waals surface area contributed by atoms with E-state index in [2.05, 4.69) is 37.4 Å². The summed E-state index contributed by atoms with van der Waals surface area (Å²) >= 11 is 0. The van der Waals surface area contributed by atoms with Crippen molar-refractivity contribution in [2.24, 2.45) is 5.92 Å². The van der Waals surface area contributed by atoms with Crippen LogP contribution in [0.25, 0.3) is 0 Å². The van der Waals surface area contributed by atoms with E-state index < -0.39 is 0 Å². The largest absolute Gasteiger partial charge is 0.487 e. The van der Waals surface area contributed by atoms with Gasteiger partial charge in [-0.05, 0) is 49.9 Å². The Labute approximate surface area is 129 Å². The van der Waals surface area contributed by atoms with Gasteiger partial charge in [-0.2, -0.15) is 0 Å². The van der Waals surface area contributed by atoms with Crippen molar-refractivity contribution in [2.75, 3.05) is 6.54 Å². The van der Waals surface area contributed by atoms with E-state index in [1.165, 1.54) is 49.7 Å². The highest BCUT2D eigenvalue weighted by Gasteiger charge is 2.29. The number of hydrogen-bond donors (Lipinski definition) is 1. The zero-order valence-corrected chi connectivity index (χ0v) is 13.6. The van der Waals surface area contributed by atoms with Gasteiger partial charge in [0.15, 0.2) is 0 Å². The average molecular weight is 287 g/mol. The summed E-state index contributed by atoms with van der Waals surface area (Å²) in [6.45, 7) is 6.47. The molecule has 1 aliphatic heterocycles. The molecule has 0 radical (unpaired) electrons. The minimum Gasteiger partial charge on any atom is -0.487 e. The molecule has 1 fully saturated rings. The summed E-state index contributed by atoms with van der Waals surface area (Å²) < 4.78 is 5.93. The number of ether oxygens (including phenoxy) is 1. The van der Waals surface area contributed by atoms with Gasteiger partial charge in [0.25, 0.3) is 0 Å². The van der Waals surface area contributed by atoms with Crippen LogP contribution in [0, 0.1) is 5.92 Å². The van der Waals surface area contributed by atoms with Crippen molar-refractivity contribution in [3.8, 4) is 5.75 Å². The molecule has 0 unspecified atom stereocenters. The second-order valence-electron chi connectivity index (χ2n) is 7.45. The topological polar surface area (TPSA) is 21.3 Å². The van der Waals surface area contributed by atoms with Gasteiger partial charge in [0, 0.05) is 13.0 Å². The summed E-state index contributed by atoms with van der Waals surface area (Å²) in [7, 11) is 0. The van der Waals surface area contributed by atoms with Gasteiger partial charge in [-0.3, -0.25) is 0 Å². The molecular formula is C19H29NO. The molecule has 1 heterocycles. The van der Waals surface area contributed by atoms with E-state index in [1.54, 1.807) is 0 Å². The van der Waals surface area contributed by atoms with Gasteiger partial charge >= 0.3 is 0 Å². The fourth-order valence-electron chi connectivity index (χ4n) is 3.79. The monoisotopic (exact) mass is 287 g/mol. The quantitative estimate of drug-likeness (QED) is 0.807. The first-order valence-corrected chi connectivity index (χ1v) is 8.64. The smallest absolute Gasteiger partial charge is 0.123 e. The van der Waals surface area contributed by atoms with E-state index in [0.29, 0.717) is 0 Å². The van der Waals surface area contributed by atoms with Crippen molar-refractivity contribution in [2.45, 2.75) is 70.9 Å². The summed E-state index contributed by atoms with van der Waals surface area (Å²) in [4.78, 5) is 0. The Balaban J connectivity index is 1.44. The van der Waals surface area contributed by atoms with Crippen LogP contribution in [0.4, 0.5) is 0 Å². The highest BCUT2D eigenvalue weighted by molar-refractivity contribution is 5.41. The first-order valence-electron chi connectivity index (χ1n) is 8.64. The highest BCUT2D eigenvalue weighted by atomic mass is 16.5. The van der Waals surface area contributed by atoms with Gasteiger partial charge in [0.05, 0.1) is 0 Å². The molecule has 1 aromatic carbocycles. The molecule has 2 heteroatoms. The zero-order valence-electron chi connectivity index (χ0n) is 13.6. The number of benzene rings is 1. The lowest BCUT2D eigenvalue weighted by molar-refractivity contribution is 0.138. The number of rotatable bonds is 5. The van der Waals surface area contributed by atoms with Gasteiger partial charge in [-0.25, -0.2) is 0 Å². The van der Waals surface area contributed by atoms with Crippen LogP contribution in [0.3, 0.4) is 0 Å². The Bertz CT molecular complexity index is 474. The molecule has 116 valence electrons. The van der Waals surface area contributed by atoms with Gasteiger partial charge in [0.1, 0.15) is 11.4 Å². The summed E-state index contributed by atoms with van der Waals surface area (Å²) in [5.41, 5.74) is 2.72. The molecule has 21 heavy (non-hydrogen) atoms. The lowest BCUT2D eigenvalue weighted by Gasteiger charge is -2.21. The van der Waals surface area contributed by atoms with Crippen LogP contribution in [0.2, 0.25) is 0 Å². The normalized spacial score (nSPS) is 21.0. The molecule has 0 aromatic heterocycles. The summed E-state index contributed by atoms with van der Waals surface area (Å²) in [5.74, 6) is 2.05. The molecule has 1 aromatic rings. The van der Waals surface area contributed by atoms with Crippen molar-refractivity contribution in [3.05, 3.63) is 29.3 Å². The minimum atomic E-state index is -0.0324. The molecular weight excluding hydrogens is 258 g/mol. The molecule has 0 spiro atoms. The molecule has 2 nitrogen and oxygen atoms in total. The van der Waals surface area contributed by atoms with E-state index in [4.69, 9.17) is 4.74 Å². The van der Waals surface area contributed by atoms with Crippen LogP contribution in [-0.4, -0.2) is 12.1 Å². The van der Waals surface area contributed by atoms with Crippen molar-refractivity contribution < 1.29 is 4.74 Å². The molecule has 0 bridgehead atoms. The molecule has 2 aliphatic rings. The third-order valence-corrected chi connectivity index (χ3v) is 4.91. The van der Waals surface area contributed by atoms with E-state index in [1.807, 2.05) is 0 Å². The molecule has 0 atom stereocenters. The Morgan fingerprint density at radius 2 is 2.00 bits per heavy atom. The van der Waals surface area contributed by atoms with Crippen LogP contribution < -0.4 is 10.1 Å². The first-order chi connectivity index (χ1) is 10.1. The molecule has 1 saturated carbocycles. The summed E-state index contributed by atoms with van der Waals surface area (Å²) in [5, 5.41) is 3.62. The number of fused-ring (bicyclic) bond motifs is 1. The zero-order chi connectivity index (χ0) is 14.7. The predicted octanol–water partition coefficient (Wildman–Crippen LogP) is 4.46. The Morgan fingerprint density at radius 1 is 1.19 bits per heavy atom. The Morgan fingerprint density at radius 3 is 2.81 bits per heavy atom. The molecule has 0 amide bonds. The lowest BCUT2D eigenvalue weighted by Crippen LogP contribution is -2.24. The van der Waals surface area contributed by atoms with Gasteiger partial charge in [-0.1, -0.05) is 44.2 Å². The third-order valence-electron chi connectivity index (χ3n) is 4.91. The van der Waals surface area contributed by atoms with Crippen LogP contribution in [0.5, 0.6) is 5.75 Å². The maximum Gasteiger partial charge on any atom is 0.123 e. The number of hydrogen-bond acceptors (Lipinski definition) is 2. The maximum atomic E-state index is 5.93. The molecule has 1 aliphatic carbocycles. The van der Waals surface area contributed by atoms with E-state index >= 15 is 0 Å².